The fourth-order valence-electron chi connectivity index (χ4n) is 5.62. The second-order valence-electron chi connectivity index (χ2n) is 11.0. The monoisotopic (exact) mass is 674 g/mol. The van der Waals surface area contributed by atoms with E-state index in [1.54, 1.807) is 24.3 Å². The summed E-state index contributed by atoms with van der Waals surface area (Å²) in [6, 6.07) is 28.0. The highest BCUT2D eigenvalue weighted by atomic mass is 35.5. The summed E-state index contributed by atoms with van der Waals surface area (Å²) in [6.07, 6.45) is 0. The molecule has 0 bridgehead atoms. The first-order chi connectivity index (χ1) is 22.3. The molecule has 7 nitrogen and oxygen atoms in total. The van der Waals surface area contributed by atoms with Crippen molar-refractivity contribution in [3.05, 3.63) is 146 Å². The van der Waals surface area contributed by atoms with Gasteiger partial charge in [0.2, 0.25) is 0 Å². The van der Waals surface area contributed by atoms with Crippen LogP contribution in [-0.2, 0) is 19.6 Å². The zero-order valence-electron chi connectivity index (χ0n) is 26.0. The van der Waals surface area contributed by atoms with E-state index in [1.165, 1.54) is 29.1 Å². The largest absolute Gasteiger partial charge is 0.497 e. The van der Waals surface area contributed by atoms with E-state index in [2.05, 4.69) is 10.2 Å². The first kappa shape index (κ1) is 33.6. The smallest absolute Gasteiger partial charge is 0.337 e. The van der Waals surface area contributed by atoms with E-state index in [0.717, 1.165) is 44.0 Å². The van der Waals surface area contributed by atoms with Crippen LogP contribution in [0.4, 0.5) is 14.5 Å². The number of nitrogens with zero attached hydrogens (tertiary/aromatic N) is 3. The summed E-state index contributed by atoms with van der Waals surface area (Å²) in [5, 5.41) is 3.44. The van der Waals surface area contributed by atoms with Gasteiger partial charge in [0, 0.05) is 42.3 Å². The Labute approximate surface area is 280 Å². The molecule has 0 fully saturated rings. The number of halogens is 3. The summed E-state index contributed by atoms with van der Waals surface area (Å²) in [4.78, 5) is 32.0. The summed E-state index contributed by atoms with van der Waals surface area (Å²) in [5.41, 5.74) is 2.38. The van der Waals surface area contributed by atoms with Gasteiger partial charge in [0.25, 0.3) is 5.56 Å². The van der Waals surface area contributed by atoms with Gasteiger partial charge < -0.3 is 10.1 Å². The van der Waals surface area contributed by atoms with E-state index in [1.807, 2.05) is 68.7 Å². The number of aromatic nitrogens is 2. The lowest BCUT2D eigenvalue weighted by atomic mass is 10.1. The minimum atomic E-state index is -0.776. The van der Waals surface area contributed by atoms with Gasteiger partial charge in [0.1, 0.15) is 22.2 Å². The van der Waals surface area contributed by atoms with Crippen molar-refractivity contribution in [2.45, 2.75) is 19.6 Å². The van der Waals surface area contributed by atoms with E-state index in [9.17, 15) is 9.59 Å². The molecular weight excluding hydrogens is 642 g/mol. The first-order valence-electron chi connectivity index (χ1n) is 14.7. The zero-order valence-corrected chi connectivity index (χ0v) is 27.6. The standard InChI is InChI=1S/C36H32F2N4O3S.ClH/c1-39-25-17-15-24(16-18-25)33-29(21-40(2)20-23-9-5-4-6-10-23)32-34(43)42(26-11-7-12-27(19-26)45-3)36(44)41(35(32)46-33)22-28-30(37)13-8-14-31(28)38;/h4-19,39H,20-22H2,1-3H3;1H. The molecule has 4 aromatic carbocycles. The summed E-state index contributed by atoms with van der Waals surface area (Å²) in [5.74, 6) is -1.10. The molecule has 11 heteroatoms. The van der Waals surface area contributed by atoms with Crippen LogP contribution in [0.5, 0.6) is 5.75 Å². The molecule has 0 radical (unpaired) electrons. The van der Waals surface area contributed by atoms with Crippen molar-refractivity contribution < 1.29 is 13.5 Å². The molecule has 0 aliphatic heterocycles. The van der Waals surface area contributed by atoms with Crippen molar-refractivity contribution in [1.82, 2.24) is 14.0 Å². The van der Waals surface area contributed by atoms with Crippen LogP contribution in [0.15, 0.2) is 107 Å². The number of thiophene rings is 1. The fourth-order valence-corrected chi connectivity index (χ4v) is 6.92. The van der Waals surface area contributed by atoms with Gasteiger partial charge in [0.05, 0.1) is 24.7 Å². The fraction of sp³-hybridized carbons (Fsp3) is 0.167. The lowest BCUT2D eigenvalue weighted by Crippen LogP contribution is -2.39. The normalized spacial score (nSPS) is 11.1. The maximum absolute atomic E-state index is 15.0. The van der Waals surface area contributed by atoms with Crippen LogP contribution in [-0.4, -0.2) is 35.2 Å². The van der Waals surface area contributed by atoms with Crippen LogP contribution in [0.2, 0.25) is 0 Å². The molecular formula is C36H33ClF2N4O3S. The third-order valence-corrected chi connectivity index (χ3v) is 9.23. The topological polar surface area (TPSA) is 68.5 Å². The number of methoxy groups -OCH3 is 1. The van der Waals surface area contributed by atoms with Crippen LogP contribution < -0.4 is 21.3 Å². The SMILES string of the molecule is CNc1ccc(-c2sc3c(c2CN(C)Cc2ccccc2)c(=O)n(-c2cccc(OC)c2)c(=O)n3Cc2c(F)cccc2F)cc1.Cl. The Kier molecular flexibility index (Phi) is 10.2. The van der Waals surface area contributed by atoms with E-state index in [4.69, 9.17) is 4.74 Å². The van der Waals surface area contributed by atoms with Crippen LogP contribution in [0.25, 0.3) is 26.3 Å². The third kappa shape index (κ3) is 6.71. The van der Waals surface area contributed by atoms with Gasteiger partial charge in [-0.15, -0.1) is 23.7 Å². The van der Waals surface area contributed by atoms with E-state index in [-0.39, 0.29) is 23.7 Å². The Morgan fingerprint density at radius 1 is 0.851 bits per heavy atom. The van der Waals surface area contributed by atoms with Crippen LogP contribution in [0.1, 0.15) is 16.7 Å². The Bertz CT molecular complexity index is 2130. The van der Waals surface area contributed by atoms with Crippen molar-refractivity contribution >= 4 is 39.6 Å². The Hall–Kier alpha value is -4.77. The number of fused-ring (bicyclic) bond motifs is 1. The summed E-state index contributed by atoms with van der Waals surface area (Å²) in [7, 11) is 5.30. The molecule has 242 valence electrons. The van der Waals surface area contributed by atoms with Crippen LogP contribution >= 0.6 is 23.7 Å². The molecule has 0 aliphatic rings. The lowest BCUT2D eigenvalue weighted by molar-refractivity contribution is 0.321. The van der Waals surface area contributed by atoms with Gasteiger partial charge in [-0.25, -0.2) is 18.1 Å². The van der Waals surface area contributed by atoms with Gasteiger partial charge in [-0.3, -0.25) is 14.3 Å². The third-order valence-electron chi connectivity index (χ3n) is 7.92. The molecule has 6 rings (SSSR count). The molecule has 0 saturated carbocycles. The molecule has 6 aromatic rings. The van der Waals surface area contributed by atoms with Gasteiger partial charge in [-0.05, 0) is 60.1 Å². The molecule has 0 spiro atoms. The number of rotatable bonds is 10. The Morgan fingerprint density at radius 3 is 2.19 bits per heavy atom. The average Bonchev–Trinajstić information content (AvgIpc) is 3.43. The van der Waals surface area contributed by atoms with Crippen molar-refractivity contribution in [1.29, 1.82) is 0 Å². The predicted octanol–water partition coefficient (Wildman–Crippen LogP) is 7.31. The average molecular weight is 675 g/mol. The number of nitrogens with one attached hydrogen (secondary N) is 1. The lowest BCUT2D eigenvalue weighted by Gasteiger charge is -2.18. The van der Waals surface area contributed by atoms with Crippen molar-refractivity contribution in [2.24, 2.45) is 0 Å². The van der Waals surface area contributed by atoms with Crippen LogP contribution in [0, 0.1) is 11.6 Å². The van der Waals surface area contributed by atoms with Gasteiger partial charge in [-0.1, -0.05) is 54.6 Å². The van der Waals surface area contributed by atoms with E-state index >= 15 is 8.78 Å². The second-order valence-corrected chi connectivity index (χ2v) is 12.0. The molecule has 0 unspecified atom stereocenters. The number of ether oxygens (including phenoxy) is 1. The molecule has 0 saturated heterocycles. The molecule has 0 atom stereocenters. The van der Waals surface area contributed by atoms with E-state index < -0.39 is 29.4 Å². The highest BCUT2D eigenvalue weighted by molar-refractivity contribution is 7.22. The molecule has 2 aromatic heterocycles. The highest BCUT2D eigenvalue weighted by Crippen LogP contribution is 2.39. The minimum absolute atomic E-state index is 0. The molecule has 0 aliphatic carbocycles. The first-order valence-corrected chi connectivity index (χ1v) is 15.5. The van der Waals surface area contributed by atoms with Crippen molar-refractivity contribution in [3.8, 4) is 21.9 Å². The Balaban J connectivity index is 0.00000433. The van der Waals surface area contributed by atoms with Gasteiger partial charge in [0.15, 0.2) is 0 Å². The quantitative estimate of drug-likeness (QED) is 0.165. The summed E-state index contributed by atoms with van der Waals surface area (Å²) >= 11 is 1.27. The van der Waals surface area contributed by atoms with Crippen molar-refractivity contribution in [2.75, 3.05) is 26.5 Å². The number of benzene rings is 4. The highest BCUT2D eigenvalue weighted by Gasteiger charge is 2.26. The van der Waals surface area contributed by atoms with E-state index in [0.29, 0.717) is 29.1 Å². The maximum Gasteiger partial charge on any atom is 0.337 e. The molecule has 1 N–H and O–H groups in total. The molecule has 0 amide bonds. The Morgan fingerprint density at radius 2 is 1.53 bits per heavy atom. The molecule has 47 heavy (non-hydrogen) atoms. The summed E-state index contributed by atoms with van der Waals surface area (Å²) < 4.78 is 37.8. The predicted molar refractivity (Wildman–Crippen MR) is 188 cm³/mol. The number of hydrogen-bond acceptors (Lipinski definition) is 6. The van der Waals surface area contributed by atoms with Crippen LogP contribution in [0.3, 0.4) is 0 Å². The maximum atomic E-state index is 15.0. The van der Waals surface area contributed by atoms with Gasteiger partial charge in [-0.2, -0.15) is 0 Å². The number of anilines is 1. The molecule has 2 heterocycles. The van der Waals surface area contributed by atoms with Crippen molar-refractivity contribution in [3.63, 3.8) is 0 Å². The second kappa shape index (κ2) is 14.3. The van der Waals surface area contributed by atoms with Gasteiger partial charge >= 0.3 is 5.69 Å². The number of hydrogen-bond donors (Lipinski definition) is 1. The zero-order chi connectivity index (χ0) is 32.4. The minimum Gasteiger partial charge on any atom is -0.497 e. The summed E-state index contributed by atoms with van der Waals surface area (Å²) in [6.45, 7) is 0.577.